The van der Waals surface area contributed by atoms with E-state index in [1.54, 1.807) is 0 Å². The molecule has 0 amide bonds. The first-order valence-corrected chi connectivity index (χ1v) is 7.58. The van der Waals surface area contributed by atoms with Gasteiger partial charge >= 0.3 is 0 Å². The molecule has 0 bridgehead atoms. The molecule has 0 heterocycles. The highest BCUT2D eigenvalue weighted by atomic mass is 35.5. The van der Waals surface area contributed by atoms with Crippen molar-refractivity contribution in [2.24, 2.45) is 0 Å². The summed E-state index contributed by atoms with van der Waals surface area (Å²) in [5.41, 5.74) is 0.310. The molecule has 0 aliphatic carbocycles. The number of benzene rings is 1. The third kappa shape index (κ3) is 3.81. The first kappa shape index (κ1) is 16.7. The molecule has 0 saturated heterocycles. The summed E-state index contributed by atoms with van der Waals surface area (Å²) in [4.78, 5) is -0.0822. The van der Waals surface area contributed by atoms with Crippen molar-refractivity contribution in [2.45, 2.75) is 11.5 Å². The first-order valence-electron chi connectivity index (χ1n) is 5.38. The van der Waals surface area contributed by atoms with Crippen LogP contribution in [0.4, 0.5) is 0 Å². The van der Waals surface area contributed by atoms with E-state index >= 15 is 0 Å². The number of methoxy groups -OCH3 is 1. The van der Waals surface area contributed by atoms with Crippen LogP contribution in [0.5, 0.6) is 0 Å². The maximum Gasteiger partial charge on any atom is 0.244 e. The van der Waals surface area contributed by atoms with Crippen LogP contribution in [0.15, 0.2) is 17.0 Å². The Morgan fingerprint density at radius 2 is 1.95 bits per heavy atom. The Kier molecular flexibility index (Phi) is 6.04. The zero-order valence-electron chi connectivity index (χ0n) is 10.6. The Morgan fingerprint density at radius 1 is 1.32 bits per heavy atom. The molecule has 0 aliphatic rings. The lowest BCUT2D eigenvalue weighted by Crippen LogP contribution is -2.30. The Hall–Kier alpha value is -0.370. The molecular formula is C11H15Cl2NO4S. The number of sulfonamides is 1. The number of hydrogen-bond acceptors (Lipinski definition) is 4. The topological polar surface area (TPSA) is 66.8 Å². The lowest BCUT2D eigenvalue weighted by atomic mass is 10.2. The molecule has 1 aromatic carbocycles. The van der Waals surface area contributed by atoms with E-state index in [0.717, 1.165) is 4.31 Å². The van der Waals surface area contributed by atoms with Crippen molar-refractivity contribution >= 4 is 33.2 Å². The van der Waals surface area contributed by atoms with Crippen molar-refractivity contribution in [1.82, 2.24) is 4.31 Å². The minimum absolute atomic E-state index is 0.0199. The van der Waals surface area contributed by atoms with E-state index in [2.05, 4.69) is 0 Å². The maximum absolute atomic E-state index is 12.3. The second-order valence-corrected chi connectivity index (χ2v) is 6.68. The van der Waals surface area contributed by atoms with Crippen LogP contribution in [-0.2, 0) is 21.4 Å². The van der Waals surface area contributed by atoms with Crippen LogP contribution in [0.3, 0.4) is 0 Å². The molecule has 0 radical (unpaired) electrons. The minimum Gasteiger partial charge on any atom is -0.392 e. The van der Waals surface area contributed by atoms with E-state index in [1.807, 2.05) is 0 Å². The molecule has 5 nitrogen and oxygen atoms in total. The Balaban J connectivity index is 3.21. The van der Waals surface area contributed by atoms with Crippen LogP contribution in [0, 0.1) is 0 Å². The van der Waals surface area contributed by atoms with Crippen molar-refractivity contribution in [3.8, 4) is 0 Å². The van der Waals surface area contributed by atoms with Crippen LogP contribution < -0.4 is 0 Å². The lowest BCUT2D eigenvalue weighted by molar-refractivity contribution is 0.185. The van der Waals surface area contributed by atoms with E-state index in [0.29, 0.717) is 5.56 Å². The Bertz CT molecular complexity index is 548. The van der Waals surface area contributed by atoms with Crippen LogP contribution in [0.1, 0.15) is 5.56 Å². The first-order chi connectivity index (χ1) is 8.84. The van der Waals surface area contributed by atoms with E-state index < -0.39 is 10.0 Å². The largest absolute Gasteiger partial charge is 0.392 e. The molecule has 0 aliphatic heterocycles. The van der Waals surface area contributed by atoms with Crippen LogP contribution >= 0.6 is 23.2 Å². The molecule has 1 aromatic rings. The van der Waals surface area contributed by atoms with Gasteiger partial charge in [-0.05, 0) is 17.7 Å². The predicted molar refractivity (Wildman–Crippen MR) is 74.1 cm³/mol. The van der Waals surface area contributed by atoms with Crippen molar-refractivity contribution < 1.29 is 18.3 Å². The number of hydrogen-bond donors (Lipinski definition) is 1. The number of nitrogens with zero attached hydrogens (tertiary/aromatic N) is 1. The summed E-state index contributed by atoms with van der Waals surface area (Å²) in [5.74, 6) is 0. The van der Waals surface area contributed by atoms with E-state index in [-0.39, 0.29) is 34.7 Å². The van der Waals surface area contributed by atoms with Gasteiger partial charge in [-0.15, -0.1) is 0 Å². The van der Waals surface area contributed by atoms with E-state index in [4.69, 9.17) is 33.0 Å². The SMILES string of the molecule is COCCN(C)S(=O)(=O)c1cc(CO)c(Cl)cc1Cl. The van der Waals surface area contributed by atoms with Crippen molar-refractivity contribution in [3.63, 3.8) is 0 Å². The highest BCUT2D eigenvalue weighted by Gasteiger charge is 2.24. The van der Waals surface area contributed by atoms with Crippen molar-refractivity contribution in [1.29, 1.82) is 0 Å². The van der Waals surface area contributed by atoms with Gasteiger partial charge in [0.25, 0.3) is 0 Å². The highest BCUT2D eigenvalue weighted by molar-refractivity contribution is 7.89. The van der Waals surface area contributed by atoms with Gasteiger partial charge in [-0.25, -0.2) is 8.42 Å². The van der Waals surface area contributed by atoms with Crippen molar-refractivity contribution in [2.75, 3.05) is 27.3 Å². The van der Waals surface area contributed by atoms with Crippen molar-refractivity contribution in [3.05, 3.63) is 27.7 Å². The van der Waals surface area contributed by atoms with Crippen LogP contribution in [-0.4, -0.2) is 45.1 Å². The summed E-state index contributed by atoms with van der Waals surface area (Å²) in [5, 5.41) is 9.37. The molecule has 0 fully saturated rings. The zero-order valence-corrected chi connectivity index (χ0v) is 12.9. The molecule has 19 heavy (non-hydrogen) atoms. The van der Waals surface area contributed by atoms with Crippen LogP contribution in [0.2, 0.25) is 10.0 Å². The Labute approximate surface area is 122 Å². The Morgan fingerprint density at radius 3 is 2.47 bits per heavy atom. The number of likely N-dealkylation sites (N-methyl/N-ethyl adjacent to an activating group) is 1. The second kappa shape index (κ2) is 6.88. The van der Waals surface area contributed by atoms with Gasteiger partial charge in [0.1, 0.15) is 4.90 Å². The lowest BCUT2D eigenvalue weighted by Gasteiger charge is -2.18. The smallest absolute Gasteiger partial charge is 0.244 e. The van der Waals surface area contributed by atoms with Gasteiger partial charge in [-0.3, -0.25) is 0 Å². The number of aliphatic hydroxyl groups excluding tert-OH is 1. The van der Waals surface area contributed by atoms with E-state index in [1.165, 1.54) is 26.3 Å². The van der Waals surface area contributed by atoms with Crippen LogP contribution in [0.25, 0.3) is 0 Å². The molecular weight excluding hydrogens is 313 g/mol. The molecule has 0 unspecified atom stereocenters. The molecule has 0 atom stereocenters. The fraction of sp³-hybridized carbons (Fsp3) is 0.455. The zero-order chi connectivity index (χ0) is 14.6. The summed E-state index contributed by atoms with van der Waals surface area (Å²) in [6.45, 7) is 0.111. The maximum atomic E-state index is 12.3. The summed E-state index contributed by atoms with van der Waals surface area (Å²) >= 11 is 11.8. The van der Waals surface area contributed by atoms with Gasteiger partial charge in [0.2, 0.25) is 10.0 Å². The molecule has 0 saturated carbocycles. The highest BCUT2D eigenvalue weighted by Crippen LogP contribution is 2.30. The molecule has 0 aromatic heterocycles. The van der Waals surface area contributed by atoms with Gasteiger partial charge in [0.15, 0.2) is 0 Å². The monoisotopic (exact) mass is 327 g/mol. The normalized spacial score (nSPS) is 12.1. The van der Waals surface area contributed by atoms with Gasteiger partial charge in [-0.1, -0.05) is 23.2 Å². The van der Waals surface area contributed by atoms with Gasteiger partial charge in [-0.2, -0.15) is 4.31 Å². The van der Waals surface area contributed by atoms with E-state index in [9.17, 15) is 8.42 Å². The molecule has 1 N–H and O–H groups in total. The quantitative estimate of drug-likeness (QED) is 0.864. The average Bonchev–Trinajstić information content (AvgIpc) is 2.35. The standard InChI is InChI=1S/C11H15Cl2NO4S/c1-14(3-4-18-2)19(16,17)11-5-8(7-15)9(12)6-10(11)13/h5-6,15H,3-4,7H2,1-2H3. The summed E-state index contributed by atoms with van der Waals surface area (Å²) in [6.07, 6.45) is 0. The third-order valence-corrected chi connectivity index (χ3v) is 5.24. The summed E-state index contributed by atoms with van der Waals surface area (Å²) < 4.78 is 30.6. The number of rotatable bonds is 6. The van der Waals surface area contributed by atoms with Gasteiger partial charge in [0.05, 0.1) is 18.2 Å². The van der Waals surface area contributed by atoms with Gasteiger partial charge in [0, 0.05) is 25.7 Å². The summed E-state index contributed by atoms with van der Waals surface area (Å²) in [6, 6.07) is 2.59. The predicted octanol–water partition coefficient (Wildman–Crippen LogP) is 1.75. The average molecular weight is 328 g/mol. The number of aliphatic hydroxyl groups is 1. The molecule has 108 valence electrons. The molecule has 8 heteroatoms. The summed E-state index contributed by atoms with van der Waals surface area (Å²) in [7, 11) is -0.825. The fourth-order valence-electron chi connectivity index (χ4n) is 1.40. The minimum atomic E-state index is -3.74. The number of ether oxygens (including phenoxy) is 1. The van der Waals surface area contributed by atoms with Gasteiger partial charge < -0.3 is 9.84 Å². The fourth-order valence-corrected chi connectivity index (χ4v) is 3.38. The second-order valence-electron chi connectivity index (χ2n) is 3.85. The third-order valence-electron chi connectivity index (χ3n) is 2.57. The number of halogens is 2. The molecule has 1 rings (SSSR count). The molecule has 0 spiro atoms.